The molecule has 5 heteroatoms. The van der Waals surface area contributed by atoms with Crippen LogP contribution >= 0.6 is 0 Å². The van der Waals surface area contributed by atoms with E-state index in [0.717, 1.165) is 58.7 Å². The predicted octanol–water partition coefficient (Wildman–Crippen LogP) is 0.888. The van der Waals surface area contributed by atoms with Gasteiger partial charge in [0.25, 0.3) is 0 Å². The molecule has 2 rings (SSSR count). The van der Waals surface area contributed by atoms with E-state index in [-0.39, 0.29) is 11.3 Å². The number of nitrogens with zero attached hydrogens (tertiary/aromatic N) is 1. The Balaban J connectivity index is 2.03. The Labute approximate surface area is 122 Å². The van der Waals surface area contributed by atoms with Crippen molar-refractivity contribution in [3.8, 4) is 0 Å². The van der Waals surface area contributed by atoms with Gasteiger partial charge < -0.3 is 19.7 Å². The largest absolute Gasteiger partial charge is 0.384 e. The Kier molecular flexibility index (Phi) is 5.81. The third-order valence-corrected chi connectivity index (χ3v) is 4.61. The van der Waals surface area contributed by atoms with Crippen LogP contribution in [-0.4, -0.2) is 63.9 Å². The molecule has 2 aliphatic heterocycles. The number of piperidine rings is 1. The minimum absolute atomic E-state index is 0.273. The van der Waals surface area contributed by atoms with Crippen molar-refractivity contribution in [3.05, 3.63) is 0 Å². The van der Waals surface area contributed by atoms with Crippen LogP contribution in [0.25, 0.3) is 0 Å². The van der Waals surface area contributed by atoms with Crippen molar-refractivity contribution in [2.75, 3.05) is 53.1 Å². The Morgan fingerprint density at radius 2 is 2.20 bits per heavy atom. The van der Waals surface area contributed by atoms with Crippen LogP contribution in [0.4, 0.5) is 0 Å². The van der Waals surface area contributed by atoms with E-state index in [1.807, 2.05) is 4.90 Å². The summed E-state index contributed by atoms with van der Waals surface area (Å²) < 4.78 is 10.8. The van der Waals surface area contributed by atoms with Gasteiger partial charge in [-0.2, -0.15) is 0 Å². The minimum Gasteiger partial charge on any atom is -0.384 e. The highest BCUT2D eigenvalue weighted by Crippen LogP contribution is 2.32. The van der Waals surface area contributed by atoms with Gasteiger partial charge in [0.15, 0.2) is 0 Å². The van der Waals surface area contributed by atoms with Crippen molar-refractivity contribution >= 4 is 5.91 Å². The molecule has 2 aliphatic rings. The standard InChI is InChI=1S/C15H28N2O3/c1-3-17(10-13-4-9-20-11-13)14(18)15(12-19-2)5-7-16-8-6-15/h13,16H,3-12H2,1-2H3. The molecule has 1 atom stereocenters. The first-order valence-electron chi connectivity index (χ1n) is 7.78. The van der Waals surface area contributed by atoms with Gasteiger partial charge in [-0.05, 0) is 39.3 Å². The van der Waals surface area contributed by atoms with Crippen LogP contribution in [0.2, 0.25) is 0 Å². The molecule has 5 nitrogen and oxygen atoms in total. The van der Waals surface area contributed by atoms with Crippen molar-refractivity contribution in [2.24, 2.45) is 11.3 Å². The van der Waals surface area contributed by atoms with Crippen LogP contribution in [0, 0.1) is 11.3 Å². The molecule has 1 unspecified atom stereocenters. The number of carbonyl (C=O) groups is 1. The van der Waals surface area contributed by atoms with Crippen LogP contribution in [0.15, 0.2) is 0 Å². The maximum atomic E-state index is 13.0. The summed E-state index contributed by atoms with van der Waals surface area (Å²) in [4.78, 5) is 15.0. The highest BCUT2D eigenvalue weighted by Gasteiger charge is 2.42. The van der Waals surface area contributed by atoms with Crippen molar-refractivity contribution < 1.29 is 14.3 Å². The summed E-state index contributed by atoms with van der Waals surface area (Å²) in [5, 5.41) is 3.34. The summed E-state index contributed by atoms with van der Waals surface area (Å²) in [6.07, 6.45) is 2.82. The maximum Gasteiger partial charge on any atom is 0.231 e. The Morgan fingerprint density at radius 3 is 2.75 bits per heavy atom. The van der Waals surface area contributed by atoms with E-state index in [1.165, 1.54) is 0 Å². The highest BCUT2D eigenvalue weighted by atomic mass is 16.5. The summed E-state index contributed by atoms with van der Waals surface area (Å²) >= 11 is 0. The fourth-order valence-corrected chi connectivity index (χ4v) is 3.33. The molecule has 0 aromatic rings. The van der Waals surface area contributed by atoms with E-state index in [2.05, 4.69) is 12.2 Å². The molecule has 0 aromatic carbocycles. The van der Waals surface area contributed by atoms with E-state index < -0.39 is 0 Å². The topological polar surface area (TPSA) is 50.8 Å². The van der Waals surface area contributed by atoms with Crippen molar-refractivity contribution in [2.45, 2.75) is 26.2 Å². The third kappa shape index (κ3) is 3.51. The number of nitrogens with one attached hydrogen (secondary N) is 1. The normalized spacial score (nSPS) is 25.6. The van der Waals surface area contributed by atoms with Crippen LogP contribution < -0.4 is 5.32 Å². The van der Waals surface area contributed by atoms with E-state index in [4.69, 9.17) is 9.47 Å². The number of hydrogen-bond donors (Lipinski definition) is 1. The van der Waals surface area contributed by atoms with Crippen LogP contribution in [0.3, 0.4) is 0 Å². The van der Waals surface area contributed by atoms with Gasteiger partial charge in [-0.1, -0.05) is 0 Å². The van der Waals surface area contributed by atoms with Crippen molar-refractivity contribution in [1.82, 2.24) is 10.2 Å². The second-order valence-electron chi connectivity index (χ2n) is 6.04. The fraction of sp³-hybridized carbons (Fsp3) is 0.933. The van der Waals surface area contributed by atoms with Crippen molar-refractivity contribution in [1.29, 1.82) is 0 Å². The van der Waals surface area contributed by atoms with Gasteiger partial charge in [-0.3, -0.25) is 4.79 Å². The van der Waals surface area contributed by atoms with Crippen LogP contribution in [0.1, 0.15) is 26.2 Å². The third-order valence-electron chi connectivity index (χ3n) is 4.61. The summed E-state index contributed by atoms with van der Waals surface area (Å²) in [5.41, 5.74) is -0.324. The predicted molar refractivity (Wildman–Crippen MR) is 77.6 cm³/mol. The lowest BCUT2D eigenvalue weighted by molar-refractivity contribution is -0.148. The average Bonchev–Trinajstić information content (AvgIpc) is 2.98. The Morgan fingerprint density at radius 1 is 1.45 bits per heavy atom. The lowest BCUT2D eigenvalue weighted by Gasteiger charge is -2.40. The monoisotopic (exact) mass is 284 g/mol. The first kappa shape index (κ1) is 15.7. The Hall–Kier alpha value is -0.650. The lowest BCUT2D eigenvalue weighted by Crippen LogP contribution is -2.52. The first-order chi connectivity index (χ1) is 9.72. The molecule has 2 saturated heterocycles. The van der Waals surface area contributed by atoms with E-state index in [0.29, 0.717) is 12.5 Å². The molecule has 0 spiro atoms. The number of rotatable bonds is 6. The molecule has 2 heterocycles. The number of amides is 1. The van der Waals surface area contributed by atoms with Gasteiger partial charge in [0.05, 0.1) is 18.6 Å². The molecular formula is C15H28N2O3. The molecule has 1 amide bonds. The number of methoxy groups -OCH3 is 1. The number of hydrogen-bond acceptors (Lipinski definition) is 4. The smallest absolute Gasteiger partial charge is 0.231 e. The van der Waals surface area contributed by atoms with Gasteiger partial charge in [0.1, 0.15) is 0 Å². The van der Waals surface area contributed by atoms with Gasteiger partial charge in [-0.25, -0.2) is 0 Å². The van der Waals surface area contributed by atoms with Crippen molar-refractivity contribution in [3.63, 3.8) is 0 Å². The van der Waals surface area contributed by atoms with E-state index in [9.17, 15) is 4.79 Å². The SMILES string of the molecule is CCN(CC1CCOC1)C(=O)C1(COC)CCNCC1. The summed E-state index contributed by atoms with van der Waals surface area (Å²) in [7, 11) is 1.69. The molecule has 20 heavy (non-hydrogen) atoms. The zero-order chi connectivity index (χ0) is 14.4. The average molecular weight is 284 g/mol. The van der Waals surface area contributed by atoms with Gasteiger partial charge >= 0.3 is 0 Å². The molecule has 2 fully saturated rings. The fourth-order valence-electron chi connectivity index (χ4n) is 3.33. The molecule has 0 aliphatic carbocycles. The lowest BCUT2D eigenvalue weighted by atomic mass is 9.78. The van der Waals surface area contributed by atoms with E-state index in [1.54, 1.807) is 7.11 Å². The molecule has 0 bridgehead atoms. The second-order valence-corrected chi connectivity index (χ2v) is 6.04. The zero-order valence-corrected chi connectivity index (χ0v) is 12.8. The molecular weight excluding hydrogens is 256 g/mol. The van der Waals surface area contributed by atoms with Crippen LogP contribution in [0.5, 0.6) is 0 Å². The Bertz CT molecular complexity index is 305. The first-order valence-corrected chi connectivity index (χ1v) is 7.78. The zero-order valence-electron chi connectivity index (χ0n) is 12.8. The number of ether oxygens (including phenoxy) is 2. The quantitative estimate of drug-likeness (QED) is 0.787. The van der Waals surface area contributed by atoms with Gasteiger partial charge in [0.2, 0.25) is 5.91 Å². The molecule has 1 N–H and O–H groups in total. The summed E-state index contributed by atoms with van der Waals surface area (Å²) in [6.45, 7) is 7.63. The molecule has 0 saturated carbocycles. The number of carbonyl (C=O) groups excluding carboxylic acids is 1. The summed E-state index contributed by atoms with van der Waals surface area (Å²) in [5.74, 6) is 0.774. The molecule has 116 valence electrons. The molecule has 0 radical (unpaired) electrons. The summed E-state index contributed by atoms with van der Waals surface area (Å²) in [6, 6.07) is 0. The van der Waals surface area contributed by atoms with Gasteiger partial charge in [-0.15, -0.1) is 0 Å². The highest BCUT2D eigenvalue weighted by molar-refractivity contribution is 5.83. The minimum atomic E-state index is -0.324. The second kappa shape index (κ2) is 7.38. The molecule has 0 aromatic heterocycles. The van der Waals surface area contributed by atoms with Gasteiger partial charge in [0, 0.05) is 32.7 Å². The van der Waals surface area contributed by atoms with Crippen LogP contribution in [-0.2, 0) is 14.3 Å². The maximum absolute atomic E-state index is 13.0. The van der Waals surface area contributed by atoms with E-state index >= 15 is 0 Å².